The fourth-order valence-corrected chi connectivity index (χ4v) is 1.96. The number of rotatable bonds is 5. The Hall–Kier alpha value is -1.91. The summed E-state index contributed by atoms with van der Waals surface area (Å²) in [6.45, 7) is 2.58. The minimum absolute atomic E-state index is 0.170. The lowest BCUT2D eigenvalue weighted by Gasteiger charge is -2.17. The monoisotopic (exact) mass is 260 g/mol. The number of hydrogen-bond donors (Lipinski definition) is 2. The predicted octanol–water partition coefficient (Wildman–Crippen LogP) is 2.78. The number of hydrazine groups is 1. The van der Waals surface area contributed by atoms with Crippen LogP contribution in [0.4, 0.5) is 4.39 Å². The highest BCUT2D eigenvalue weighted by Crippen LogP contribution is 2.23. The Balaban J connectivity index is 2.23. The maximum absolute atomic E-state index is 12.9. The second-order valence-electron chi connectivity index (χ2n) is 4.15. The standard InChI is InChI=1S/C15H17FN2O/c1-2-19-14-9-5-12(6-10-14)15(18-17)11-3-7-13(16)8-4-11/h3-10,15,18H,2,17H2,1H3. The molecule has 0 aliphatic carbocycles. The molecule has 0 radical (unpaired) electrons. The van der Waals surface area contributed by atoms with Crippen LogP contribution in [0.3, 0.4) is 0 Å². The normalized spacial score (nSPS) is 12.2. The maximum atomic E-state index is 12.9. The number of halogens is 1. The molecule has 2 rings (SSSR count). The summed E-state index contributed by atoms with van der Waals surface area (Å²) >= 11 is 0. The average molecular weight is 260 g/mol. The van der Waals surface area contributed by atoms with E-state index < -0.39 is 0 Å². The number of hydrogen-bond acceptors (Lipinski definition) is 3. The lowest BCUT2D eigenvalue weighted by atomic mass is 9.99. The molecular formula is C15H17FN2O. The zero-order chi connectivity index (χ0) is 13.7. The van der Waals surface area contributed by atoms with Crippen LogP contribution >= 0.6 is 0 Å². The number of ether oxygens (including phenoxy) is 1. The molecule has 0 fully saturated rings. The minimum atomic E-state index is -0.258. The maximum Gasteiger partial charge on any atom is 0.123 e. The van der Waals surface area contributed by atoms with Gasteiger partial charge in [-0.05, 0) is 42.3 Å². The highest BCUT2D eigenvalue weighted by Gasteiger charge is 2.12. The number of nitrogens with two attached hydrogens (primary N) is 1. The van der Waals surface area contributed by atoms with Crippen molar-refractivity contribution in [1.29, 1.82) is 0 Å². The van der Waals surface area contributed by atoms with E-state index in [2.05, 4.69) is 5.43 Å². The molecule has 19 heavy (non-hydrogen) atoms. The third kappa shape index (κ3) is 3.30. The van der Waals surface area contributed by atoms with Crippen molar-refractivity contribution in [3.05, 3.63) is 65.5 Å². The van der Waals surface area contributed by atoms with E-state index in [0.717, 1.165) is 16.9 Å². The molecule has 0 bridgehead atoms. The zero-order valence-electron chi connectivity index (χ0n) is 10.8. The zero-order valence-corrected chi connectivity index (χ0v) is 10.8. The number of benzene rings is 2. The van der Waals surface area contributed by atoms with Gasteiger partial charge in [0.1, 0.15) is 11.6 Å². The largest absolute Gasteiger partial charge is 0.494 e. The molecule has 0 aliphatic rings. The van der Waals surface area contributed by atoms with E-state index >= 15 is 0 Å². The fourth-order valence-electron chi connectivity index (χ4n) is 1.96. The van der Waals surface area contributed by atoms with E-state index in [9.17, 15) is 4.39 Å². The van der Waals surface area contributed by atoms with E-state index in [1.54, 1.807) is 12.1 Å². The molecule has 3 nitrogen and oxygen atoms in total. The van der Waals surface area contributed by atoms with Gasteiger partial charge in [-0.2, -0.15) is 0 Å². The summed E-state index contributed by atoms with van der Waals surface area (Å²) in [6, 6.07) is 13.8. The van der Waals surface area contributed by atoms with E-state index in [1.807, 2.05) is 31.2 Å². The van der Waals surface area contributed by atoms with Gasteiger partial charge in [-0.15, -0.1) is 0 Å². The molecule has 0 spiro atoms. The molecule has 2 aromatic rings. The Morgan fingerprint density at radius 2 is 1.58 bits per heavy atom. The molecule has 0 aromatic heterocycles. The fraction of sp³-hybridized carbons (Fsp3) is 0.200. The summed E-state index contributed by atoms with van der Waals surface area (Å²) in [5.41, 5.74) is 4.65. The highest BCUT2D eigenvalue weighted by molar-refractivity contribution is 5.35. The summed E-state index contributed by atoms with van der Waals surface area (Å²) in [4.78, 5) is 0. The Morgan fingerprint density at radius 3 is 2.05 bits per heavy atom. The van der Waals surface area contributed by atoms with Gasteiger partial charge >= 0.3 is 0 Å². The Bertz CT molecular complexity index is 511. The van der Waals surface area contributed by atoms with Crippen LogP contribution in [0.2, 0.25) is 0 Å². The van der Waals surface area contributed by atoms with Crippen LogP contribution in [0, 0.1) is 5.82 Å². The van der Waals surface area contributed by atoms with Gasteiger partial charge in [0, 0.05) is 0 Å². The quantitative estimate of drug-likeness (QED) is 0.642. The van der Waals surface area contributed by atoms with Gasteiger partial charge in [-0.25, -0.2) is 9.82 Å². The van der Waals surface area contributed by atoms with E-state index in [0.29, 0.717) is 6.61 Å². The smallest absolute Gasteiger partial charge is 0.123 e. The van der Waals surface area contributed by atoms with Crippen LogP contribution in [0.1, 0.15) is 24.1 Å². The molecule has 3 N–H and O–H groups in total. The molecule has 0 saturated carbocycles. The Labute approximate surface area is 112 Å². The molecule has 1 atom stereocenters. The van der Waals surface area contributed by atoms with E-state index in [1.165, 1.54) is 12.1 Å². The van der Waals surface area contributed by atoms with Gasteiger partial charge in [-0.3, -0.25) is 5.84 Å². The topological polar surface area (TPSA) is 47.3 Å². The van der Waals surface area contributed by atoms with Crippen molar-refractivity contribution in [2.75, 3.05) is 6.61 Å². The Morgan fingerprint density at radius 1 is 1.05 bits per heavy atom. The summed E-state index contributed by atoms with van der Waals surface area (Å²) in [6.07, 6.45) is 0. The molecule has 4 heteroatoms. The van der Waals surface area contributed by atoms with Crippen LogP contribution in [0.5, 0.6) is 5.75 Å². The minimum Gasteiger partial charge on any atom is -0.494 e. The van der Waals surface area contributed by atoms with Crippen molar-refractivity contribution in [3.8, 4) is 5.75 Å². The predicted molar refractivity (Wildman–Crippen MR) is 73.2 cm³/mol. The second kappa shape index (κ2) is 6.31. The Kier molecular flexibility index (Phi) is 4.49. The van der Waals surface area contributed by atoms with Gasteiger partial charge in [0.05, 0.1) is 12.6 Å². The SMILES string of the molecule is CCOc1ccc(C(NN)c2ccc(F)cc2)cc1. The van der Waals surface area contributed by atoms with Crippen LogP contribution < -0.4 is 16.0 Å². The van der Waals surface area contributed by atoms with Crippen LogP contribution in [0.15, 0.2) is 48.5 Å². The van der Waals surface area contributed by atoms with Crippen molar-refractivity contribution < 1.29 is 9.13 Å². The van der Waals surface area contributed by atoms with Gasteiger partial charge in [-0.1, -0.05) is 24.3 Å². The summed E-state index contributed by atoms with van der Waals surface area (Å²) in [5, 5.41) is 0. The molecular weight excluding hydrogens is 243 g/mol. The van der Waals surface area contributed by atoms with Crippen molar-refractivity contribution in [2.45, 2.75) is 13.0 Å². The molecule has 0 saturated heterocycles. The molecule has 2 aromatic carbocycles. The molecule has 0 heterocycles. The van der Waals surface area contributed by atoms with E-state index in [4.69, 9.17) is 10.6 Å². The first-order valence-electron chi connectivity index (χ1n) is 6.19. The lowest BCUT2D eigenvalue weighted by molar-refractivity contribution is 0.340. The molecule has 100 valence electrons. The average Bonchev–Trinajstić information content (AvgIpc) is 2.44. The van der Waals surface area contributed by atoms with Crippen molar-refractivity contribution in [3.63, 3.8) is 0 Å². The molecule has 0 amide bonds. The van der Waals surface area contributed by atoms with Gasteiger partial charge in [0.15, 0.2) is 0 Å². The summed E-state index contributed by atoms with van der Waals surface area (Å²) in [7, 11) is 0. The second-order valence-corrected chi connectivity index (χ2v) is 4.15. The molecule has 0 aliphatic heterocycles. The van der Waals surface area contributed by atoms with Crippen LogP contribution in [0.25, 0.3) is 0 Å². The van der Waals surface area contributed by atoms with Gasteiger partial charge in [0.2, 0.25) is 0 Å². The third-order valence-electron chi connectivity index (χ3n) is 2.89. The van der Waals surface area contributed by atoms with Gasteiger partial charge < -0.3 is 4.74 Å². The van der Waals surface area contributed by atoms with Crippen molar-refractivity contribution >= 4 is 0 Å². The van der Waals surface area contributed by atoms with Crippen LogP contribution in [-0.4, -0.2) is 6.61 Å². The first kappa shape index (κ1) is 13.5. The highest BCUT2D eigenvalue weighted by atomic mass is 19.1. The summed E-state index contributed by atoms with van der Waals surface area (Å²) in [5.74, 6) is 6.16. The first-order chi connectivity index (χ1) is 9.24. The van der Waals surface area contributed by atoms with E-state index in [-0.39, 0.29) is 11.9 Å². The van der Waals surface area contributed by atoms with Crippen LogP contribution in [-0.2, 0) is 0 Å². The van der Waals surface area contributed by atoms with Crippen molar-refractivity contribution in [1.82, 2.24) is 5.43 Å². The lowest BCUT2D eigenvalue weighted by Crippen LogP contribution is -2.28. The summed E-state index contributed by atoms with van der Waals surface area (Å²) < 4.78 is 18.3. The third-order valence-corrected chi connectivity index (χ3v) is 2.89. The first-order valence-corrected chi connectivity index (χ1v) is 6.19. The van der Waals surface area contributed by atoms with Gasteiger partial charge in [0.25, 0.3) is 0 Å². The number of nitrogens with one attached hydrogen (secondary N) is 1. The van der Waals surface area contributed by atoms with Crippen molar-refractivity contribution in [2.24, 2.45) is 5.84 Å². The molecule has 1 unspecified atom stereocenters.